The van der Waals surface area contributed by atoms with Crippen LogP contribution in [-0.4, -0.2) is 9.55 Å². The van der Waals surface area contributed by atoms with Crippen LogP contribution in [0.15, 0.2) is 48.5 Å². The quantitative estimate of drug-likeness (QED) is 0.596. The summed E-state index contributed by atoms with van der Waals surface area (Å²) in [5, 5.41) is 0.761. The van der Waals surface area contributed by atoms with E-state index in [1.165, 1.54) is 49.0 Å². The van der Waals surface area contributed by atoms with E-state index in [4.69, 9.17) is 16.6 Å². The van der Waals surface area contributed by atoms with Crippen LogP contribution in [0.25, 0.3) is 11.0 Å². The maximum absolute atomic E-state index is 6.18. The number of fused-ring (bicyclic) bond motifs is 1. The number of imidazole rings is 1. The predicted molar refractivity (Wildman–Crippen MR) is 96.1 cm³/mol. The Bertz CT molecular complexity index is 801. The fourth-order valence-corrected chi connectivity index (χ4v) is 3.89. The zero-order valence-electron chi connectivity index (χ0n) is 13.2. The average molecular weight is 325 g/mol. The van der Waals surface area contributed by atoms with Crippen molar-refractivity contribution in [2.24, 2.45) is 0 Å². The van der Waals surface area contributed by atoms with Gasteiger partial charge in [-0.05, 0) is 36.6 Å². The summed E-state index contributed by atoms with van der Waals surface area (Å²) < 4.78 is 2.40. The fraction of sp³-hybridized carbons (Fsp3) is 0.350. The van der Waals surface area contributed by atoms with Crippen molar-refractivity contribution in [3.63, 3.8) is 0 Å². The first kappa shape index (κ1) is 14.8. The van der Waals surface area contributed by atoms with Crippen LogP contribution in [0.2, 0.25) is 5.02 Å². The number of hydrogen-bond acceptors (Lipinski definition) is 1. The second-order valence-electron chi connectivity index (χ2n) is 6.51. The van der Waals surface area contributed by atoms with E-state index in [1.807, 2.05) is 12.1 Å². The number of rotatable bonds is 3. The monoisotopic (exact) mass is 324 g/mol. The van der Waals surface area contributed by atoms with E-state index in [0.29, 0.717) is 5.92 Å². The molecule has 2 aromatic carbocycles. The lowest BCUT2D eigenvalue weighted by atomic mass is 9.88. The van der Waals surface area contributed by atoms with Crippen molar-refractivity contribution in [2.75, 3.05) is 0 Å². The van der Waals surface area contributed by atoms with E-state index in [-0.39, 0.29) is 0 Å². The van der Waals surface area contributed by atoms with Crippen LogP contribution in [0.5, 0.6) is 0 Å². The van der Waals surface area contributed by atoms with Gasteiger partial charge in [0.15, 0.2) is 0 Å². The Balaban J connectivity index is 1.81. The predicted octanol–water partition coefficient (Wildman–Crippen LogP) is 5.79. The summed E-state index contributed by atoms with van der Waals surface area (Å²) in [4.78, 5) is 4.97. The van der Waals surface area contributed by atoms with Crippen molar-refractivity contribution < 1.29 is 0 Å². The van der Waals surface area contributed by atoms with Gasteiger partial charge in [0.25, 0.3) is 0 Å². The Morgan fingerprint density at radius 2 is 1.78 bits per heavy atom. The molecule has 2 nitrogen and oxygen atoms in total. The van der Waals surface area contributed by atoms with Gasteiger partial charge in [0.1, 0.15) is 5.82 Å². The van der Waals surface area contributed by atoms with Gasteiger partial charge in [0.05, 0.1) is 11.0 Å². The Labute approximate surface area is 142 Å². The minimum Gasteiger partial charge on any atom is -0.323 e. The first-order chi connectivity index (χ1) is 11.3. The van der Waals surface area contributed by atoms with Gasteiger partial charge >= 0.3 is 0 Å². The van der Waals surface area contributed by atoms with Crippen LogP contribution in [0, 0.1) is 0 Å². The van der Waals surface area contributed by atoms with Crippen LogP contribution < -0.4 is 0 Å². The molecule has 1 aliphatic rings. The van der Waals surface area contributed by atoms with Gasteiger partial charge in [-0.15, -0.1) is 0 Å². The van der Waals surface area contributed by atoms with Gasteiger partial charge in [-0.3, -0.25) is 0 Å². The van der Waals surface area contributed by atoms with Crippen molar-refractivity contribution in [1.82, 2.24) is 9.55 Å². The molecule has 4 rings (SSSR count). The number of aromatic nitrogens is 2. The Kier molecular flexibility index (Phi) is 4.09. The average Bonchev–Trinajstić information content (AvgIpc) is 2.94. The van der Waals surface area contributed by atoms with Crippen LogP contribution in [-0.2, 0) is 6.54 Å². The van der Waals surface area contributed by atoms with E-state index < -0.39 is 0 Å². The Hall–Kier alpha value is -1.80. The summed E-state index contributed by atoms with van der Waals surface area (Å²) in [6.07, 6.45) is 6.51. The molecule has 0 amide bonds. The lowest BCUT2D eigenvalue weighted by molar-refractivity contribution is 0.420. The third-order valence-electron chi connectivity index (χ3n) is 4.89. The van der Waals surface area contributed by atoms with E-state index in [0.717, 1.165) is 17.1 Å². The molecule has 1 saturated carbocycles. The zero-order chi connectivity index (χ0) is 15.6. The summed E-state index contributed by atoms with van der Waals surface area (Å²) >= 11 is 6.18. The first-order valence-electron chi connectivity index (χ1n) is 8.51. The van der Waals surface area contributed by atoms with Gasteiger partial charge in [-0.25, -0.2) is 4.98 Å². The highest BCUT2D eigenvalue weighted by atomic mass is 35.5. The van der Waals surface area contributed by atoms with Crippen LogP contribution >= 0.6 is 11.6 Å². The number of benzene rings is 2. The molecule has 118 valence electrons. The van der Waals surface area contributed by atoms with Crippen LogP contribution in [0.3, 0.4) is 0 Å². The maximum Gasteiger partial charge on any atom is 0.113 e. The summed E-state index contributed by atoms with van der Waals surface area (Å²) in [5.41, 5.74) is 3.53. The molecule has 0 atom stereocenters. The summed E-state index contributed by atoms with van der Waals surface area (Å²) in [7, 11) is 0. The molecule has 3 aromatic rings. The maximum atomic E-state index is 6.18. The minimum atomic E-state index is 0.582. The number of nitrogens with zero attached hydrogens (tertiary/aromatic N) is 2. The van der Waals surface area contributed by atoms with E-state index >= 15 is 0 Å². The second-order valence-corrected chi connectivity index (χ2v) is 6.95. The van der Waals surface area contributed by atoms with Crippen molar-refractivity contribution in [3.05, 3.63) is 64.9 Å². The normalized spacial score (nSPS) is 16.0. The van der Waals surface area contributed by atoms with Gasteiger partial charge in [0, 0.05) is 17.5 Å². The number of hydrogen-bond donors (Lipinski definition) is 0. The molecule has 23 heavy (non-hydrogen) atoms. The first-order valence-corrected chi connectivity index (χ1v) is 8.89. The summed E-state index contributed by atoms with van der Waals surface area (Å²) in [6.45, 7) is 0.880. The highest BCUT2D eigenvalue weighted by molar-refractivity contribution is 6.31. The molecule has 1 aromatic heterocycles. The Morgan fingerprint density at radius 1 is 1.00 bits per heavy atom. The van der Waals surface area contributed by atoms with E-state index in [2.05, 4.69) is 41.0 Å². The van der Waals surface area contributed by atoms with Gasteiger partial charge in [-0.2, -0.15) is 0 Å². The molecule has 0 aliphatic heterocycles. The zero-order valence-corrected chi connectivity index (χ0v) is 14.0. The molecule has 0 saturated heterocycles. The number of halogens is 1. The van der Waals surface area contributed by atoms with Crippen molar-refractivity contribution in [1.29, 1.82) is 0 Å². The van der Waals surface area contributed by atoms with Gasteiger partial charge in [-0.1, -0.05) is 61.2 Å². The molecule has 1 fully saturated rings. The fourth-order valence-electron chi connectivity index (χ4n) is 3.73. The molecule has 1 aliphatic carbocycles. The Morgan fingerprint density at radius 3 is 2.57 bits per heavy atom. The SMILES string of the molecule is Clc1ccc2c(c1)nc(C1CCCCC1)n2Cc1ccccc1. The van der Waals surface area contributed by atoms with Crippen LogP contribution in [0.1, 0.15) is 49.4 Å². The lowest BCUT2D eigenvalue weighted by Gasteiger charge is -2.22. The molecule has 0 spiro atoms. The van der Waals surface area contributed by atoms with Crippen molar-refractivity contribution in [3.8, 4) is 0 Å². The van der Waals surface area contributed by atoms with Gasteiger partial charge in [0.2, 0.25) is 0 Å². The minimum absolute atomic E-state index is 0.582. The topological polar surface area (TPSA) is 17.8 Å². The van der Waals surface area contributed by atoms with Crippen molar-refractivity contribution >= 4 is 22.6 Å². The molecule has 0 radical (unpaired) electrons. The summed E-state index contributed by atoms with van der Waals surface area (Å²) in [5.74, 6) is 1.82. The van der Waals surface area contributed by atoms with Crippen LogP contribution in [0.4, 0.5) is 0 Å². The molecule has 0 N–H and O–H groups in total. The smallest absolute Gasteiger partial charge is 0.113 e. The third-order valence-corrected chi connectivity index (χ3v) is 5.13. The summed E-state index contributed by atoms with van der Waals surface area (Å²) in [6, 6.07) is 16.7. The van der Waals surface area contributed by atoms with E-state index in [1.54, 1.807) is 0 Å². The highest BCUT2D eigenvalue weighted by Gasteiger charge is 2.22. The van der Waals surface area contributed by atoms with Crippen molar-refractivity contribution in [2.45, 2.75) is 44.6 Å². The lowest BCUT2D eigenvalue weighted by Crippen LogP contribution is -2.13. The highest BCUT2D eigenvalue weighted by Crippen LogP contribution is 2.34. The van der Waals surface area contributed by atoms with E-state index in [9.17, 15) is 0 Å². The second kappa shape index (κ2) is 6.37. The largest absolute Gasteiger partial charge is 0.323 e. The molecular formula is C20H21ClN2. The molecule has 0 unspecified atom stereocenters. The molecule has 3 heteroatoms. The molecule has 0 bridgehead atoms. The molecule has 1 heterocycles. The third kappa shape index (κ3) is 3.00. The van der Waals surface area contributed by atoms with Gasteiger partial charge < -0.3 is 4.57 Å². The standard InChI is InChI=1S/C20H21ClN2/c21-17-11-12-19-18(13-17)22-20(16-9-5-2-6-10-16)23(19)14-15-7-3-1-4-8-15/h1,3-4,7-8,11-13,16H,2,5-6,9-10,14H2. The molecular weight excluding hydrogens is 304 g/mol.